The first kappa shape index (κ1) is 12.4. The third-order valence-electron chi connectivity index (χ3n) is 2.40. The zero-order chi connectivity index (χ0) is 12.1. The maximum absolute atomic E-state index is 5.89. The van der Waals surface area contributed by atoms with Gasteiger partial charge in [0.25, 0.3) is 0 Å². The van der Waals surface area contributed by atoms with Gasteiger partial charge in [-0.25, -0.2) is 0 Å². The molecule has 90 valence electrons. The summed E-state index contributed by atoms with van der Waals surface area (Å²) in [6.07, 6.45) is 0. The molecule has 0 amide bonds. The average molecular weight is 268 g/mol. The van der Waals surface area contributed by atoms with E-state index in [4.69, 9.17) is 16.3 Å². The van der Waals surface area contributed by atoms with Crippen molar-refractivity contribution in [2.45, 2.75) is 13.2 Å². The molecule has 0 spiro atoms. The molecule has 0 saturated carbocycles. The molecule has 1 heterocycles. The van der Waals surface area contributed by atoms with Gasteiger partial charge in [0, 0.05) is 29.8 Å². The summed E-state index contributed by atoms with van der Waals surface area (Å²) in [6, 6.07) is 12.1. The third-order valence-corrected chi connectivity index (χ3v) is 3.63. The van der Waals surface area contributed by atoms with Gasteiger partial charge in [0.05, 0.1) is 10.9 Å². The third kappa shape index (κ3) is 3.46. The summed E-state index contributed by atoms with van der Waals surface area (Å²) in [5.41, 5.74) is 2.27. The summed E-state index contributed by atoms with van der Waals surface area (Å²) in [7, 11) is 1.70. The summed E-state index contributed by atoms with van der Waals surface area (Å²) in [6.45, 7) is 1.41. The van der Waals surface area contributed by atoms with E-state index in [1.165, 1.54) is 4.88 Å². The van der Waals surface area contributed by atoms with E-state index >= 15 is 0 Å². The fourth-order valence-electron chi connectivity index (χ4n) is 1.60. The molecular formula is C13H14ClNOS. The first-order valence-corrected chi connectivity index (χ1v) is 6.54. The smallest absolute Gasteiger partial charge is 0.0931 e. The highest BCUT2D eigenvalue weighted by Crippen LogP contribution is 2.23. The predicted octanol–water partition coefficient (Wildman–Crippen LogP) is 4.16. The lowest BCUT2D eigenvalue weighted by molar-refractivity contribution is 0.185. The largest absolute Gasteiger partial charge is 0.380 e. The summed E-state index contributed by atoms with van der Waals surface area (Å²) < 4.78 is 5.99. The molecule has 1 aromatic carbocycles. The molecule has 0 aliphatic rings. The van der Waals surface area contributed by atoms with Crippen LogP contribution in [-0.2, 0) is 17.9 Å². The normalized spacial score (nSPS) is 10.5. The van der Waals surface area contributed by atoms with Crippen LogP contribution in [0.1, 0.15) is 10.4 Å². The number of halogens is 1. The number of anilines is 1. The van der Waals surface area contributed by atoms with Crippen LogP contribution in [0, 0.1) is 0 Å². The van der Waals surface area contributed by atoms with E-state index in [1.54, 1.807) is 18.4 Å². The van der Waals surface area contributed by atoms with Crippen molar-refractivity contribution in [3.63, 3.8) is 0 Å². The highest BCUT2D eigenvalue weighted by molar-refractivity contribution is 7.16. The molecule has 0 saturated heterocycles. The second-order valence-corrected chi connectivity index (χ2v) is 5.45. The summed E-state index contributed by atoms with van der Waals surface area (Å²) >= 11 is 7.49. The van der Waals surface area contributed by atoms with Gasteiger partial charge in [-0.2, -0.15) is 0 Å². The van der Waals surface area contributed by atoms with Gasteiger partial charge in [-0.15, -0.1) is 11.3 Å². The number of rotatable bonds is 5. The minimum atomic E-state index is 0.619. The Morgan fingerprint density at radius 3 is 2.76 bits per heavy atom. The Hall–Kier alpha value is -1.03. The van der Waals surface area contributed by atoms with Crippen molar-refractivity contribution in [2.75, 3.05) is 12.4 Å². The average Bonchev–Trinajstić information content (AvgIpc) is 2.74. The minimum absolute atomic E-state index is 0.619. The van der Waals surface area contributed by atoms with Crippen molar-refractivity contribution in [3.05, 3.63) is 51.2 Å². The number of methoxy groups -OCH3 is 1. The highest BCUT2D eigenvalue weighted by atomic mass is 35.5. The van der Waals surface area contributed by atoms with Gasteiger partial charge in [0.2, 0.25) is 0 Å². The van der Waals surface area contributed by atoms with E-state index in [0.717, 1.165) is 22.1 Å². The van der Waals surface area contributed by atoms with E-state index in [1.807, 2.05) is 24.3 Å². The molecule has 0 unspecified atom stereocenters. The Kier molecular flexibility index (Phi) is 4.42. The SMILES string of the molecule is COCc1ccccc1NCc1ccc(Cl)s1. The van der Waals surface area contributed by atoms with Gasteiger partial charge in [-0.05, 0) is 18.2 Å². The molecule has 0 radical (unpaired) electrons. The number of hydrogen-bond acceptors (Lipinski definition) is 3. The summed E-state index contributed by atoms with van der Waals surface area (Å²) in [5, 5.41) is 3.40. The van der Waals surface area contributed by atoms with Gasteiger partial charge in [-0.3, -0.25) is 0 Å². The van der Waals surface area contributed by atoms with Crippen molar-refractivity contribution >= 4 is 28.6 Å². The molecule has 4 heteroatoms. The second kappa shape index (κ2) is 6.05. The van der Waals surface area contributed by atoms with Crippen LogP contribution in [-0.4, -0.2) is 7.11 Å². The fourth-order valence-corrected chi connectivity index (χ4v) is 2.63. The zero-order valence-electron chi connectivity index (χ0n) is 9.57. The van der Waals surface area contributed by atoms with Crippen LogP contribution in [0.5, 0.6) is 0 Å². The van der Waals surface area contributed by atoms with Crippen molar-refractivity contribution in [1.29, 1.82) is 0 Å². The minimum Gasteiger partial charge on any atom is -0.380 e. The molecule has 0 bridgehead atoms. The van der Waals surface area contributed by atoms with Gasteiger partial charge < -0.3 is 10.1 Å². The van der Waals surface area contributed by atoms with E-state index < -0.39 is 0 Å². The standard InChI is InChI=1S/C13H14ClNOS/c1-16-9-10-4-2-3-5-12(10)15-8-11-6-7-13(14)17-11/h2-7,15H,8-9H2,1H3. The molecule has 1 aromatic heterocycles. The van der Waals surface area contributed by atoms with Crippen LogP contribution in [0.3, 0.4) is 0 Å². The lowest BCUT2D eigenvalue weighted by atomic mass is 10.2. The molecule has 0 aliphatic carbocycles. The van der Waals surface area contributed by atoms with Crippen LogP contribution in [0.15, 0.2) is 36.4 Å². The van der Waals surface area contributed by atoms with Crippen LogP contribution < -0.4 is 5.32 Å². The van der Waals surface area contributed by atoms with E-state index in [9.17, 15) is 0 Å². The van der Waals surface area contributed by atoms with Crippen LogP contribution in [0.2, 0.25) is 4.34 Å². The number of ether oxygens (including phenoxy) is 1. The highest BCUT2D eigenvalue weighted by Gasteiger charge is 2.02. The van der Waals surface area contributed by atoms with Crippen molar-refractivity contribution in [3.8, 4) is 0 Å². The number of benzene rings is 1. The first-order valence-electron chi connectivity index (χ1n) is 5.34. The fraction of sp³-hybridized carbons (Fsp3) is 0.231. The summed E-state index contributed by atoms with van der Waals surface area (Å²) in [5.74, 6) is 0. The van der Waals surface area contributed by atoms with Crippen molar-refractivity contribution in [1.82, 2.24) is 0 Å². The molecule has 0 fully saturated rings. The van der Waals surface area contributed by atoms with Gasteiger partial charge in [-0.1, -0.05) is 29.8 Å². The van der Waals surface area contributed by atoms with Crippen molar-refractivity contribution < 1.29 is 4.74 Å². The first-order chi connectivity index (χ1) is 8.29. The second-order valence-electron chi connectivity index (χ2n) is 3.65. The molecule has 2 nitrogen and oxygen atoms in total. The monoisotopic (exact) mass is 267 g/mol. The van der Waals surface area contributed by atoms with E-state index in [2.05, 4.69) is 17.4 Å². The Morgan fingerprint density at radius 1 is 1.24 bits per heavy atom. The van der Waals surface area contributed by atoms with Crippen LogP contribution in [0.4, 0.5) is 5.69 Å². The van der Waals surface area contributed by atoms with Crippen molar-refractivity contribution in [2.24, 2.45) is 0 Å². The predicted molar refractivity (Wildman–Crippen MR) is 73.8 cm³/mol. The molecule has 1 N–H and O–H groups in total. The number of para-hydroxylation sites is 1. The molecule has 2 rings (SSSR count). The Morgan fingerprint density at radius 2 is 2.06 bits per heavy atom. The zero-order valence-corrected chi connectivity index (χ0v) is 11.1. The quantitative estimate of drug-likeness (QED) is 0.878. The summed E-state index contributed by atoms with van der Waals surface area (Å²) in [4.78, 5) is 1.22. The molecule has 17 heavy (non-hydrogen) atoms. The molecule has 2 aromatic rings. The lowest BCUT2D eigenvalue weighted by Crippen LogP contribution is -2.01. The maximum atomic E-state index is 5.89. The van der Waals surface area contributed by atoms with Crippen LogP contribution in [0.25, 0.3) is 0 Å². The van der Waals surface area contributed by atoms with E-state index in [-0.39, 0.29) is 0 Å². The van der Waals surface area contributed by atoms with E-state index in [0.29, 0.717) is 6.61 Å². The maximum Gasteiger partial charge on any atom is 0.0931 e. The lowest BCUT2D eigenvalue weighted by Gasteiger charge is -2.10. The molecule has 0 atom stereocenters. The Bertz CT molecular complexity index is 484. The topological polar surface area (TPSA) is 21.3 Å². The number of thiophene rings is 1. The molecule has 0 aliphatic heterocycles. The van der Waals surface area contributed by atoms with Gasteiger partial charge >= 0.3 is 0 Å². The Balaban J connectivity index is 2.03. The van der Waals surface area contributed by atoms with Gasteiger partial charge in [0.15, 0.2) is 0 Å². The molecular weight excluding hydrogens is 254 g/mol. The number of nitrogens with one attached hydrogen (secondary N) is 1. The van der Waals surface area contributed by atoms with Crippen LogP contribution >= 0.6 is 22.9 Å². The number of hydrogen-bond donors (Lipinski definition) is 1. The Labute approximate surface area is 110 Å². The van der Waals surface area contributed by atoms with Gasteiger partial charge in [0.1, 0.15) is 0 Å².